The summed E-state index contributed by atoms with van der Waals surface area (Å²) < 4.78 is 10.9. The van der Waals surface area contributed by atoms with Crippen LogP contribution in [-0.2, 0) is 11.2 Å². The molecule has 2 saturated heterocycles. The van der Waals surface area contributed by atoms with E-state index in [1.807, 2.05) is 28.0 Å². The van der Waals surface area contributed by atoms with Crippen LogP contribution in [0.5, 0.6) is 11.5 Å². The fraction of sp³-hybridized carbons (Fsp3) is 0.565. The summed E-state index contributed by atoms with van der Waals surface area (Å²) in [6, 6.07) is 5.80. The van der Waals surface area contributed by atoms with Crippen molar-refractivity contribution in [2.24, 2.45) is 11.8 Å². The number of urea groups is 1. The number of fused-ring (bicyclic) bond motifs is 1. The van der Waals surface area contributed by atoms with E-state index in [0.29, 0.717) is 43.6 Å². The van der Waals surface area contributed by atoms with E-state index < -0.39 is 0 Å². The number of nitrogens with zero attached hydrogens (tertiary/aromatic N) is 2. The second-order valence-electron chi connectivity index (χ2n) is 8.01. The number of carbonyl (C=O) groups is 2. The molecule has 3 rings (SSSR count). The highest BCUT2D eigenvalue weighted by Crippen LogP contribution is 2.34. The van der Waals surface area contributed by atoms with Gasteiger partial charge in [0.15, 0.2) is 11.5 Å². The van der Waals surface area contributed by atoms with Crippen molar-refractivity contribution < 1.29 is 19.1 Å². The van der Waals surface area contributed by atoms with Crippen molar-refractivity contribution in [3.05, 3.63) is 36.4 Å². The molecule has 2 atom stereocenters. The van der Waals surface area contributed by atoms with Crippen LogP contribution >= 0.6 is 0 Å². The van der Waals surface area contributed by atoms with Gasteiger partial charge in [-0.3, -0.25) is 4.79 Å². The number of para-hydroxylation sites is 1. The zero-order chi connectivity index (χ0) is 21.5. The van der Waals surface area contributed by atoms with Gasteiger partial charge in [0.25, 0.3) is 0 Å². The van der Waals surface area contributed by atoms with Gasteiger partial charge in [-0.1, -0.05) is 18.2 Å². The quantitative estimate of drug-likeness (QED) is 0.695. The topological polar surface area (TPSA) is 71.1 Å². The minimum Gasteiger partial charge on any atom is -0.493 e. The first-order valence-electron chi connectivity index (χ1n) is 10.7. The van der Waals surface area contributed by atoms with Gasteiger partial charge in [0, 0.05) is 39.1 Å². The molecule has 7 nitrogen and oxygen atoms in total. The van der Waals surface area contributed by atoms with Gasteiger partial charge in [-0.25, -0.2) is 4.79 Å². The van der Waals surface area contributed by atoms with Crippen LogP contribution in [0.1, 0.15) is 24.8 Å². The van der Waals surface area contributed by atoms with Crippen LogP contribution in [0.15, 0.2) is 30.9 Å². The van der Waals surface area contributed by atoms with Crippen LogP contribution in [0.4, 0.5) is 4.79 Å². The number of carbonyl (C=O) groups excluding carboxylic acids is 2. The monoisotopic (exact) mass is 415 g/mol. The summed E-state index contributed by atoms with van der Waals surface area (Å²) in [6.45, 7) is 6.93. The molecule has 0 aliphatic carbocycles. The zero-order valence-electron chi connectivity index (χ0n) is 18.1. The van der Waals surface area contributed by atoms with E-state index in [1.165, 1.54) is 0 Å². The average molecular weight is 416 g/mol. The fourth-order valence-corrected chi connectivity index (χ4v) is 4.57. The van der Waals surface area contributed by atoms with Crippen LogP contribution in [0.25, 0.3) is 0 Å². The third-order valence-electron chi connectivity index (χ3n) is 6.27. The lowest BCUT2D eigenvalue weighted by Gasteiger charge is -2.37. The summed E-state index contributed by atoms with van der Waals surface area (Å²) in [6.07, 6.45) is 4.79. The Morgan fingerprint density at radius 3 is 2.77 bits per heavy atom. The molecule has 2 aliphatic heterocycles. The number of ether oxygens (including phenoxy) is 2. The van der Waals surface area contributed by atoms with Crippen LogP contribution in [-0.4, -0.2) is 68.7 Å². The highest BCUT2D eigenvalue weighted by molar-refractivity contribution is 5.77. The second kappa shape index (κ2) is 10.4. The molecule has 2 fully saturated rings. The van der Waals surface area contributed by atoms with Crippen molar-refractivity contribution in [3.63, 3.8) is 0 Å². The van der Waals surface area contributed by atoms with E-state index >= 15 is 0 Å². The van der Waals surface area contributed by atoms with E-state index in [1.54, 1.807) is 20.3 Å². The maximum atomic E-state index is 12.9. The van der Waals surface area contributed by atoms with Crippen LogP contribution < -0.4 is 14.8 Å². The lowest BCUT2D eigenvalue weighted by atomic mass is 9.82. The van der Waals surface area contributed by atoms with Gasteiger partial charge in [-0.05, 0) is 42.7 Å². The van der Waals surface area contributed by atoms with Gasteiger partial charge in [0.2, 0.25) is 5.91 Å². The molecule has 0 aromatic heterocycles. The number of nitrogens with one attached hydrogen (secondary N) is 1. The third-order valence-corrected chi connectivity index (χ3v) is 6.27. The van der Waals surface area contributed by atoms with Crippen LogP contribution in [0.3, 0.4) is 0 Å². The summed E-state index contributed by atoms with van der Waals surface area (Å²) in [7, 11) is 3.27. The van der Waals surface area contributed by atoms with Gasteiger partial charge >= 0.3 is 6.03 Å². The Morgan fingerprint density at radius 2 is 2.03 bits per heavy atom. The molecule has 30 heavy (non-hydrogen) atoms. The number of likely N-dealkylation sites (tertiary alicyclic amines) is 2. The fourth-order valence-electron chi connectivity index (χ4n) is 4.57. The molecule has 0 radical (unpaired) electrons. The molecule has 164 valence electrons. The molecule has 0 unspecified atom stereocenters. The van der Waals surface area contributed by atoms with E-state index in [0.717, 1.165) is 43.7 Å². The van der Waals surface area contributed by atoms with Crippen molar-refractivity contribution in [1.29, 1.82) is 0 Å². The Bertz CT molecular complexity index is 767. The van der Waals surface area contributed by atoms with Gasteiger partial charge in [0.1, 0.15) is 0 Å². The number of amides is 3. The number of piperidine rings is 1. The number of hydrogen-bond acceptors (Lipinski definition) is 4. The number of benzene rings is 1. The van der Waals surface area contributed by atoms with Gasteiger partial charge in [0.05, 0.1) is 14.2 Å². The van der Waals surface area contributed by atoms with Crippen molar-refractivity contribution in [3.8, 4) is 11.5 Å². The summed E-state index contributed by atoms with van der Waals surface area (Å²) >= 11 is 0. The van der Waals surface area contributed by atoms with Gasteiger partial charge < -0.3 is 24.6 Å². The zero-order valence-corrected chi connectivity index (χ0v) is 18.1. The Labute approximate surface area is 179 Å². The molecular formula is C23H33N3O4. The first-order valence-corrected chi connectivity index (χ1v) is 10.7. The molecule has 2 heterocycles. The number of methoxy groups -OCH3 is 2. The normalized spacial score (nSPS) is 21.5. The van der Waals surface area contributed by atoms with E-state index in [2.05, 4.69) is 11.9 Å². The molecule has 2 aliphatic rings. The van der Waals surface area contributed by atoms with Crippen molar-refractivity contribution >= 4 is 11.9 Å². The summed E-state index contributed by atoms with van der Waals surface area (Å²) in [5.74, 6) is 2.38. The molecule has 0 saturated carbocycles. The molecular weight excluding hydrogens is 382 g/mol. The lowest BCUT2D eigenvalue weighted by Crippen LogP contribution is -2.48. The van der Waals surface area contributed by atoms with Crippen molar-refractivity contribution in [1.82, 2.24) is 15.1 Å². The SMILES string of the molecule is C=CCNC(=O)N1CC[C@H]2CC(=O)N(CCc3cccc(OC)c3OC)CC[C@H]2C1. The van der Waals surface area contributed by atoms with Crippen molar-refractivity contribution in [2.75, 3.05) is 46.9 Å². The standard InChI is InChI=1S/C23H33N3O4/c1-4-11-24-23(28)26-14-9-18-15-21(27)25(13-10-19(18)16-26)12-8-17-6-5-7-20(29-2)22(17)30-3/h4-7,18-19H,1,8-16H2,2-3H3,(H,24,28)/t18-,19-/m0/s1. The largest absolute Gasteiger partial charge is 0.493 e. The average Bonchev–Trinajstić information content (AvgIpc) is 2.93. The molecule has 0 spiro atoms. The second-order valence-corrected chi connectivity index (χ2v) is 8.01. The summed E-state index contributed by atoms with van der Waals surface area (Å²) in [5, 5.41) is 2.86. The Kier molecular flexibility index (Phi) is 7.60. The van der Waals surface area contributed by atoms with Crippen LogP contribution in [0.2, 0.25) is 0 Å². The first kappa shape index (κ1) is 22.0. The highest BCUT2D eigenvalue weighted by Gasteiger charge is 2.36. The minimum atomic E-state index is -0.0362. The number of rotatable bonds is 7. The molecule has 1 N–H and O–H groups in total. The Morgan fingerprint density at radius 1 is 1.23 bits per heavy atom. The molecule has 1 aromatic rings. The Hall–Kier alpha value is -2.70. The molecule has 7 heteroatoms. The van der Waals surface area contributed by atoms with E-state index in [-0.39, 0.29) is 11.9 Å². The molecule has 3 amide bonds. The summed E-state index contributed by atoms with van der Waals surface area (Å²) in [5.41, 5.74) is 1.04. The first-order chi connectivity index (χ1) is 14.6. The minimum absolute atomic E-state index is 0.0362. The molecule has 1 aromatic carbocycles. The third kappa shape index (κ3) is 5.07. The highest BCUT2D eigenvalue weighted by atomic mass is 16.5. The van der Waals surface area contributed by atoms with Crippen molar-refractivity contribution in [2.45, 2.75) is 25.7 Å². The maximum absolute atomic E-state index is 12.9. The maximum Gasteiger partial charge on any atom is 0.317 e. The van der Waals surface area contributed by atoms with Crippen LogP contribution in [0, 0.1) is 11.8 Å². The lowest BCUT2D eigenvalue weighted by molar-refractivity contribution is -0.131. The van der Waals surface area contributed by atoms with Gasteiger partial charge in [-0.2, -0.15) is 0 Å². The smallest absolute Gasteiger partial charge is 0.317 e. The van der Waals surface area contributed by atoms with Gasteiger partial charge in [-0.15, -0.1) is 6.58 Å². The Balaban J connectivity index is 1.59. The predicted octanol–water partition coefficient (Wildman–Crippen LogP) is 2.70. The van der Waals surface area contributed by atoms with E-state index in [9.17, 15) is 9.59 Å². The molecule has 0 bridgehead atoms. The summed E-state index contributed by atoms with van der Waals surface area (Å²) in [4.78, 5) is 29.0. The number of hydrogen-bond donors (Lipinski definition) is 1. The van der Waals surface area contributed by atoms with E-state index in [4.69, 9.17) is 9.47 Å². The predicted molar refractivity (Wildman–Crippen MR) is 116 cm³/mol.